The van der Waals surface area contributed by atoms with Crippen LogP contribution in [0.1, 0.15) is 9.75 Å². The largest absolute Gasteiger partial charge is 0.263 e. The van der Waals surface area contributed by atoms with Crippen molar-refractivity contribution in [2.45, 2.75) is 0 Å². The van der Waals surface area contributed by atoms with Gasteiger partial charge in [-0.3, -0.25) is 0 Å². The third-order valence-corrected chi connectivity index (χ3v) is 13.0. The number of fused-ring (bicyclic) bond motifs is 1. The highest BCUT2D eigenvalue weighted by atomic mass is 32.1. The van der Waals surface area contributed by atoms with Crippen molar-refractivity contribution in [2.24, 2.45) is 0 Å². The molecule has 10 heteroatoms. The van der Waals surface area contributed by atoms with Gasteiger partial charge in [0.2, 0.25) is 0 Å². The van der Waals surface area contributed by atoms with E-state index in [9.17, 15) is 0 Å². The second kappa shape index (κ2) is 11.2. The van der Waals surface area contributed by atoms with Crippen LogP contribution in [0.2, 0.25) is 0 Å². The molecule has 0 unspecified atom stereocenters. The lowest BCUT2D eigenvalue weighted by molar-refractivity contribution is 1.51. The predicted molar refractivity (Wildman–Crippen MR) is 173 cm³/mol. The molecular formula is C30H12N4S6. The van der Waals surface area contributed by atoms with E-state index in [1.54, 1.807) is 80.2 Å². The van der Waals surface area contributed by atoms with Crippen LogP contribution in [0.4, 0.5) is 0 Å². The van der Waals surface area contributed by atoms with Crippen molar-refractivity contribution in [3.05, 3.63) is 105 Å². The van der Waals surface area contributed by atoms with Crippen molar-refractivity contribution in [3.8, 4) is 51.2 Å². The van der Waals surface area contributed by atoms with Gasteiger partial charge in [0, 0.05) is 58.2 Å². The summed E-state index contributed by atoms with van der Waals surface area (Å²) >= 11 is 10.3. The molecular weight excluding hydrogens is 609 g/mol. The second-order valence-corrected chi connectivity index (χ2v) is 14.8. The molecule has 0 saturated carbocycles. The van der Waals surface area contributed by atoms with E-state index in [1.165, 1.54) is 38.7 Å². The molecule has 0 atom stereocenters. The van der Waals surface area contributed by atoms with Crippen molar-refractivity contribution in [1.82, 2.24) is 0 Å². The number of allylic oxidation sites excluding steroid dienone is 2. The van der Waals surface area contributed by atoms with Gasteiger partial charge in [0.05, 0.1) is 25.3 Å². The molecule has 0 saturated heterocycles. The summed E-state index contributed by atoms with van der Waals surface area (Å²) in [5, 5.41) is 18.0. The van der Waals surface area contributed by atoms with Crippen LogP contribution in [-0.2, 0) is 0 Å². The summed E-state index contributed by atoms with van der Waals surface area (Å²) in [5.41, 5.74) is 0.191. The molecule has 6 rings (SSSR count). The lowest BCUT2D eigenvalue weighted by Crippen LogP contribution is -1.65. The summed E-state index contributed by atoms with van der Waals surface area (Å²) in [6.45, 7) is 14.1. The number of thiophene rings is 6. The molecule has 0 aliphatic rings. The number of rotatable bonds is 6. The van der Waals surface area contributed by atoms with Gasteiger partial charge in [0.1, 0.15) is 0 Å². The third kappa shape index (κ3) is 5.21. The molecule has 0 N–H and O–H groups in total. The Kier molecular flexibility index (Phi) is 7.30. The SMILES string of the molecule is [C-]#[N+]/C(C#N)=C\c1ccc(-c2ccc(-c3cc4sc(-c5ccc(-c6ccc(/C=C(\C#N)[N+]#[C-])s6)s5)cc4s3)s2)s1. The van der Waals surface area contributed by atoms with E-state index in [1.807, 2.05) is 36.4 Å². The van der Waals surface area contributed by atoms with Gasteiger partial charge in [-0.15, -0.1) is 68.0 Å². The molecule has 4 nitrogen and oxygen atoms in total. The van der Waals surface area contributed by atoms with E-state index >= 15 is 0 Å². The minimum atomic E-state index is 0.0956. The standard InChI is InChI=1S/C30H12N4S6/c1-33-17(15-31)11-19-3-5-21(35-19)23-7-9-25(37-23)27-13-29-30(39-27)14-28(40-29)26-10-8-24(38-26)22-6-4-20(36-22)12-18(16-32)34-2/h3-14H/b17-11-,18-12+. The minimum Gasteiger partial charge on any atom is -0.227 e. The quantitative estimate of drug-likeness (QED) is 0.137. The van der Waals surface area contributed by atoms with E-state index in [0.29, 0.717) is 0 Å². The van der Waals surface area contributed by atoms with Crippen LogP contribution in [0.15, 0.2) is 72.1 Å². The van der Waals surface area contributed by atoms with Crippen LogP contribution in [0.3, 0.4) is 0 Å². The maximum Gasteiger partial charge on any atom is 0.263 e. The van der Waals surface area contributed by atoms with Gasteiger partial charge in [-0.2, -0.15) is 0 Å². The van der Waals surface area contributed by atoms with E-state index in [4.69, 9.17) is 23.7 Å². The van der Waals surface area contributed by atoms with E-state index < -0.39 is 0 Å². The molecule has 0 amide bonds. The topological polar surface area (TPSA) is 56.3 Å². The molecule has 0 fully saturated rings. The highest BCUT2D eigenvalue weighted by Gasteiger charge is 2.15. The maximum absolute atomic E-state index is 9.01. The van der Waals surface area contributed by atoms with Crippen LogP contribution in [0.5, 0.6) is 0 Å². The Hall–Kier alpha value is -4.10. The Morgan fingerprint density at radius 2 is 0.875 bits per heavy atom. The van der Waals surface area contributed by atoms with Crippen molar-refractivity contribution < 1.29 is 0 Å². The monoisotopic (exact) mass is 620 g/mol. The highest BCUT2D eigenvalue weighted by molar-refractivity contribution is 7.34. The zero-order chi connectivity index (χ0) is 27.6. The van der Waals surface area contributed by atoms with Crippen molar-refractivity contribution >= 4 is 89.6 Å². The average molecular weight is 621 g/mol. The summed E-state index contributed by atoms with van der Waals surface area (Å²) in [5.74, 6) is 0. The first-order chi connectivity index (χ1) is 19.6. The second-order valence-electron chi connectivity index (χ2n) is 8.19. The molecule has 188 valence electrons. The summed E-state index contributed by atoms with van der Waals surface area (Å²) in [7, 11) is 0. The lowest BCUT2D eigenvalue weighted by Gasteiger charge is -1.92. The van der Waals surface area contributed by atoms with Crippen molar-refractivity contribution in [2.75, 3.05) is 0 Å². The Morgan fingerprint density at radius 3 is 1.25 bits per heavy atom. The molecule has 0 bridgehead atoms. The van der Waals surface area contributed by atoms with Gasteiger partial charge in [-0.05, 0) is 72.8 Å². The van der Waals surface area contributed by atoms with Crippen molar-refractivity contribution in [1.29, 1.82) is 10.5 Å². The number of hydrogen-bond donors (Lipinski definition) is 0. The Bertz CT molecular complexity index is 1910. The molecule has 6 heterocycles. The summed E-state index contributed by atoms with van der Waals surface area (Å²) in [6, 6.07) is 25.0. The molecule has 6 aromatic heterocycles. The Balaban J connectivity index is 1.21. The summed E-state index contributed by atoms with van der Waals surface area (Å²) in [6.07, 6.45) is 3.27. The molecule has 0 aliphatic heterocycles. The molecule has 40 heavy (non-hydrogen) atoms. The van der Waals surface area contributed by atoms with Gasteiger partial charge >= 0.3 is 0 Å². The van der Waals surface area contributed by atoms with Crippen molar-refractivity contribution in [3.63, 3.8) is 0 Å². The molecule has 0 radical (unpaired) electrons. The zero-order valence-corrected chi connectivity index (χ0v) is 25.1. The van der Waals surface area contributed by atoms with E-state index in [2.05, 4.69) is 46.1 Å². The molecule has 6 aromatic rings. The van der Waals surface area contributed by atoms with Crippen LogP contribution in [0.25, 0.3) is 70.3 Å². The van der Waals surface area contributed by atoms with Gasteiger partial charge < -0.3 is 0 Å². The first kappa shape index (κ1) is 26.1. The van der Waals surface area contributed by atoms with E-state index in [0.717, 1.165) is 19.5 Å². The fourth-order valence-corrected chi connectivity index (χ4v) is 10.5. The van der Waals surface area contributed by atoms with Gasteiger partial charge in [0.15, 0.2) is 0 Å². The number of nitrogens with zero attached hydrogens (tertiary/aromatic N) is 4. The maximum atomic E-state index is 9.01. The summed E-state index contributed by atoms with van der Waals surface area (Å²) in [4.78, 5) is 17.9. The van der Waals surface area contributed by atoms with Crippen LogP contribution >= 0.6 is 68.0 Å². The predicted octanol–water partition coefficient (Wildman–Crippen LogP) is 11.4. The normalized spacial score (nSPS) is 11.7. The Morgan fingerprint density at radius 1 is 0.525 bits per heavy atom. The fraction of sp³-hybridized carbons (Fsp3) is 0. The third-order valence-electron chi connectivity index (χ3n) is 5.67. The zero-order valence-electron chi connectivity index (χ0n) is 20.2. The first-order valence-electron chi connectivity index (χ1n) is 11.5. The molecule has 0 aromatic carbocycles. The van der Waals surface area contributed by atoms with Gasteiger partial charge in [-0.1, -0.05) is 0 Å². The molecule has 0 aliphatic carbocycles. The minimum absolute atomic E-state index is 0.0956. The highest BCUT2D eigenvalue weighted by Crippen LogP contribution is 2.47. The van der Waals surface area contributed by atoms with Gasteiger partial charge in [0.25, 0.3) is 11.4 Å². The fourth-order valence-electron chi connectivity index (χ4n) is 3.86. The first-order valence-corrected chi connectivity index (χ1v) is 16.4. The smallest absolute Gasteiger partial charge is 0.227 e. The average Bonchev–Trinajstić information content (AvgIpc) is 3.80. The molecule has 0 spiro atoms. The Labute approximate surface area is 254 Å². The van der Waals surface area contributed by atoms with E-state index in [-0.39, 0.29) is 11.4 Å². The van der Waals surface area contributed by atoms with Crippen LogP contribution in [-0.4, -0.2) is 0 Å². The van der Waals surface area contributed by atoms with Crippen LogP contribution < -0.4 is 0 Å². The number of hydrogen-bond acceptors (Lipinski definition) is 8. The summed E-state index contributed by atoms with van der Waals surface area (Å²) < 4.78 is 2.55. The van der Waals surface area contributed by atoms with Gasteiger partial charge in [-0.25, -0.2) is 20.2 Å². The lowest BCUT2D eigenvalue weighted by atomic mass is 10.3. The van der Waals surface area contributed by atoms with Crippen LogP contribution in [0, 0.1) is 35.8 Å². The number of nitriles is 2.